The van der Waals surface area contributed by atoms with E-state index in [9.17, 15) is 14.3 Å². The number of nitrogens with one attached hydrogen (secondary N) is 1. The zero-order valence-corrected chi connectivity index (χ0v) is 13.2. The first-order valence-corrected chi connectivity index (χ1v) is 7.38. The van der Waals surface area contributed by atoms with Crippen molar-refractivity contribution in [3.05, 3.63) is 77.6 Å². The van der Waals surface area contributed by atoms with E-state index in [-0.39, 0.29) is 18.3 Å². The molecule has 0 radical (unpaired) electrons. The Kier molecular flexibility index (Phi) is 5.29. The Labute approximate surface area is 135 Å². The van der Waals surface area contributed by atoms with Crippen molar-refractivity contribution in [3.8, 4) is 0 Å². The van der Waals surface area contributed by atoms with E-state index >= 15 is 0 Å². The van der Waals surface area contributed by atoms with Crippen LogP contribution in [0.5, 0.6) is 0 Å². The van der Waals surface area contributed by atoms with Crippen molar-refractivity contribution in [2.24, 2.45) is 0 Å². The Morgan fingerprint density at radius 1 is 1.17 bits per heavy atom. The van der Waals surface area contributed by atoms with E-state index in [2.05, 4.69) is 5.32 Å². The molecule has 0 fully saturated rings. The number of allylic oxidation sites excluding steroid dienone is 1. The fraction of sp³-hybridized carbons (Fsp3) is 0.211. The third-order valence-electron chi connectivity index (χ3n) is 3.65. The van der Waals surface area contributed by atoms with E-state index in [1.807, 2.05) is 37.3 Å². The molecule has 0 heterocycles. The van der Waals surface area contributed by atoms with Gasteiger partial charge in [0.2, 0.25) is 5.91 Å². The van der Waals surface area contributed by atoms with Crippen molar-refractivity contribution in [2.45, 2.75) is 19.4 Å². The van der Waals surface area contributed by atoms with Crippen molar-refractivity contribution >= 4 is 11.5 Å². The Hall–Kier alpha value is -2.46. The monoisotopic (exact) mass is 313 g/mol. The zero-order valence-electron chi connectivity index (χ0n) is 13.2. The van der Waals surface area contributed by atoms with Crippen LogP contribution in [0.4, 0.5) is 4.39 Å². The highest BCUT2D eigenvalue weighted by Gasteiger charge is 2.23. The molecule has 0 aliphatic heterocycles. The summed E-state index contributed by atoms with van der Waals surface area (Å²) >= 11 is 0. The molecule has 1 atom stereocenters. The van der Waals surface area contributed by atoms with Crippen LogP contribution in [0.15, 0.2) is 60.7 Å². The van der Waals surface area contributed by atoms with Gasteiger partial charge in [-0.3, -0.25) is 4.79 Å². The molecule has 0 saturated heterocycles. The van der Waals surface area contributed by atoms with Gasteiger partial charge in [-0.15, -0.1) is 0 Å². The van der Waals surface area contributed by atoms with Gasteiger partial charge in [-0.05, 0) is 42.7 Å². The van der Waals surface area contributed by atoms with Crippen molar-refractivity contribution in [1.82, 2.24) is 5.32 Å². The number of rotatable bonds is 5. The maximum atomic E-state index is 12.9. The Morgan fingerprint density at radius 2 is 1.78 bits per heavy atom. The number of benzene rings is 2. The summed E-state index contributed by atoms with van der Waals surface area (Å²) in [6.45, 7) is 3.47. The van der Waals surface area contributed by atoms with Crippen molar-refractivity contribution in [1.29, 1.82) is 0 Å². The van der Waals surface area contributed by atoms with E-state index in [4.69, 9.17) is 0 Å². The molecular weight excluding hydrogens is 293 g/mol. The highest BCUT2D eigenvalue weighted by Crippen LogP contribution is 2.20. The van der Waals surface area contributed by atoms with Gasteiger partial charge in [0.25, 0.3) is 0 Å². The second-order valence-electron chi connectivity index (χ2n) is 5.69. The van der Waals surface area contributed by atoms with Crippen LogP contribution in [0.25, 0.3) is 5.57 Å². The number of amides is 1. The molecule has 4 heteroatoms. The molecule has 1 amide bonds. The van der Waals surface area contributed by atoms with E-state index < -0.39 is 5.60 Å². The van der Waals surface area contributed by atoms with E-state index in [0.717, 1.165) is 11.1 Å². The number of hydrogen-bond donors (Lipinski definition) is 2. The number of carbonyl (C=O) groups excluding carboxylic acids is 1. The van der Waals surface area contributed by atoms with Gasteiger partial charge in [0.05, 0.1) is 6.54 Å². The summed E-state index contributed by atoms with van der Waals surface area (Å²) < 4.78 is 12.9. The first-order chi connectivity index (χ1) is 10.9. The molecule has 0 aliphatic rings. The normalized spacial score (nSPS) is 14.2. The first kappa shape index (κ1) is 16.9. The summed E-state index contributed by atoms with van der Waals surface area (Å²) in [4.78, 5) is 12.0. The summed E-state index contributed by atoms with van der Waals surface area (Å²) in [5.41, 5.74) is 1.08. The van der Waals surface area contributed by atoms with Crippen molar-refractivity contribution < 1.29 is 14.3 Å². The maximum absolute atomic E-state index is 12.9. The lowest BCUT2D eigenvalue weighted by Crippen LogP contribution is -2.38. The molecule has 3 nitrogen and oxygen atoms in total. The second kappa shape index (κ2) is 7.20. The number of carbonyl (C=O) groups is 1. The lowest BCUT2D eigenvalue weighted by atomic mass is 9.96. The predicted molar refractivity (Wildman–Crippen MR) is 89.1 cm³/mol. The van der Waals surface area contributed by atoms with E-state index in [0.29, 0.717) is 5.56 Å². The van der Waals surface area contributed by atoms with Crippen LogP contribution in [0.2, 0.25) is 0 Å². The molecule has 2 rings (SSSR count). The van der Waals surface area contributed by atoms with Gasteiger partial charge in [-0.2, -0.15) is 0 Å². The molecule has 2 aromatic rings. The van der Waals surface area contributed by atoms with Gasteiger partial charge >= 0.3 is 0 Å². The van der Waals surface area contributed by atoms with Crippen molar-refractivity contribution in [2.75, 3.05) is 6.54 Å². The zero-order chi connectivity index (χ0) is 16.9. The molecule has 0 saturated carbocycles. The van der Waals surface area contributed by atoms with Crippen LogP contribution in [-0.2, 0) is 10.4 Å². The molecule has 0 bridgehead atoms. The molecule has 120 valence electrons. The standard InChI is InChI=1S/C19H20FNO2/c1-14(15-6-4-3-5-7-15)12-18(22)21-13-19(2,23)16-8-10-17(20)11-9-16/h3-12,23H,13H2,1-2H3,(H,21,22)/b14-12+. The van der Waals surface area contributed by atoms with Crippen LogP contribution in [-0.4, -0.2) is 17.6 Å². The SMILES string of the molecule is C/C(=C\C(=O)NCC(C)(O)c1ccc(F)cc1)c1ccccc1. The summed E-state index contributed by atoms with van der Waals surface area (Å²) in [7, 11) is 0. The van der Waals surface area contributed by atoms with Crippen molar-refractivity contribution in [3.63, 3.8) is 0 Å². The van der Waals surface area contributed by atoms with E-state index in [1.54, 1.807) is 6.92 Å². The van der Waals surface area contributed by atoms with Gasteiger partial charge in [0.1, 0.15) is 11.4 Å². The lowest BCUT2D eigenvalue weighted by molar-refractivity contribution is -0.117. The van der Waals surface area contributed by atoms with Crippen LogP contribution in [0.3, 0.4) is 0 Å². The van der Waals surface area contributed by atoms with Gasteiger partial charge < -0.3 is 10.4 Å². The molecule has 0 spiro atoms. The molecule has 2 N–H and O–H groups in total. The van der Waals surface area contributed by atoms with Crippen LogP contribution >= 0.6 is 0 Å². The first-order valence-electron chi connectivity index (χ1n) is 7.38. The number of hydrogen-bond acceptors (Lipinski definition) is 2. The summed E-state index contributed by atoms with van der Waals surface area (Å²) in [6.07, 6.45) is 1.50. The summed E-state index contributed by atoms with van der Waals surface area (Å²) in [6, 6.07) is 15.2. The minimum atomic E-state index is -1.27. The maximum Gasteiger partial charge on any atom is 0.244 e. The lowest BCUT2D eigenvalue weighted by Gasteiger charge is -2.24. The highest BCUT2D eigenvalue weighted by molar-refractivity contribution is 5.94. The smallest absolute Gasteiger partial charge is 0.244 e. The third-order valence-corrected chi connectivity index (χ3v) is 3.65. The van der Waals surface area contributed by atoms with Crippen LogP contribution in [0.1, 0.15) is 25.0 Å². The average molecular weight is 313 g/mol. The minimum Gasteiger partial charge on any atom is -0.384 e. The quantitative estimate of drug-likeness (QED) is 0.833. The number of aliphatic hydroxyl groups is 1. The summed E-state index contributed by atoms with van der Waals surface area (Å²) in [5.74, 6) is -0.649. The molecule has 2 aromatic carbocycles. The highest BCUT2D eigenvalue weighted by atomic mass is 19.1. The van der Waals surface area contributed by atoms with E-state index in [1.165, 1.54) is 30.3 Å². The summed E-state index contributed by atoms with van der Waals surface area (Å²) in [5, 5.41) is 13.1. The Bertz CT molecular complexity index is 691. The fourth-order valence-electron chi connectivity index (χ4n) is 2.20. The van der Waals surface area contributed by atoms with Gasteiger partial charge in [0.15, 0.2) is 0 Å². The number of halogens is 1. The molecule has 1 unspecified atom stereocenters. The molecule has 0 aliphatic carbocycles. The van der Waals surface area contributed by atoms with Gasteiger partial charge in [0, 0.05) is 6.08 Å². The fourth-order valence-corrected chi connectivity index (χ4v) is 2.20. The molecular formula is C19H20FNO2. The topological polar surface area (TPSA) is 49.3 Å². The van der Waals surface area contributed by atoms with Crippen LogP contribution < -0.4 is 5.32 Å². The third kappa shape index (κ3) is 4.76. The Balaban J connectivity index is 1.99. The average Bonchev–Trinajstić information content (AvgIpc) is 2.54. The predicted octanol–water partition coefficient (Wildman–Crippen LogP) is 3.25. The van der Waals surface area contributed by atoms with Gasteiger partial charge in [-0.25, -0.2) is 4.39 Å². The second-order valence-corrected chi connectivity index (χ2v) is 5.69. The largest absolute Gasteiger partial charge is 0.384 e. The minimum absolute atomic E-state index is 0.0377. The van der Waals surface area contributed by atoms with Crippen LogP contribution in [0, 0.1) is 5.82 Å². The molecule has 23 heavy (non-hydrogen) atoms. The van der Waals surface area contributed by atoms with Gasteiger partial charge in [-0.1, -0.05) is 42.5 Å². The molecule has 0 aromatic heterocycles. The Morgan fingerprint density at radius 3 is 2.39 bits per heavy atom.